The van der Waals surface area contributed by atoms with Gasteiger partial charge in [0.1, 0.15) is 5.60 Å². The van der Waals surface area contributed by atoms with Gasteiger partial charge in [0.15, 0.2) is 0 Å². The molecule has 1 nitrogen and oxygen atoms in total. The molecule has 0 radical (unpaired) electrons. The van der Waals surface area contributed by atoms with Crippen molar-refractivity contribution >= 4 is 0 Å². The van der Waals surface area contributed by atoms with Crippen LogP contribution in [0.25, 0.3) is 0 Å². The largest absolute Gasteiger partial charge is 0.378 e. The summed E-state index contributed by atoms with van der Waals surface area (Å²) in [6.45, 7) is 9.42. The van der Waals surface area contributed by atoms with E-state index in [9.17, 15) is 5.11 Å². The quantitative estimate of drug-likeness (QED) is 0.521. The molecule has 74 valence electrons. The van der Waals surface area contributed by atoms with Crippen molar-refractivity contribution in [3.63, 3.8) is 0 Å². The van der Waals surface area contributed by atoms with Crippen LogP contribution in [0.1, 0.15) is 46.5 Å². The van der Waals surface area contributed by atoms with E-state index in [0.29, 0.717) is 0 Å². The highest BCUT2D eigenvalue weighted by Gasteiger charge is 2.15. The van der Waals surface area contributed by atoms with Crippen LogP contribution in [0.4, 0.5) is 0 Å². The normalized spacial score (nSPS) is 14.2. The van der Waals surface area contributed by atoms with E-state index in [1.165, 1.54) is 6.42 Å². The number of hydrogen-bond donors (Lipinski definition) is 1. The van der Waals surface area contributed by atoms with Crippen molar-refractivity contribution in [1.82, 2.24) is 0 Å². The van der Waals surface area contributed by atoms with Crippen LogP contribution in [0.5, 0.6) is 0 Å². The van der Waals surface area contributed by atoms with E-state index in [1.807, 2.05) is 6.92 Å². The maximum atomic E-state index is 9.78. The summed E-state index contributed by atoms with van der Waals surface area (Å²) >= 11 is 0. The zero-order chi connectivity index (χ0) is 10.3. The van der Waals surface area contributed by atoms with E-state index in [4.69, 9.17) is 0 Å². The van der Waals surface area contributed by atoms with Gasteiger partial charge in [0.2, 0.25) is 0 Å². The van der Waals surface area contributed by atoms with Crippen LogP contribution in [0, 0.1) is 11.8 Å². The molecule has 0 rings (SSSR count). The maximum absolute atomic E-state index is 9.78. The Labute approximate surface area is 81.9 Å². The first-order valence-electron chi connectivity index (χ1n) is 4.89. The molecule has 1 unspecified atom stereocenters. The molecule has 0 bridgehead atoms. The van der Waals surface area contributed by atoms with Crippen molar-refractivity contribution in [3.8, 4) is 11.8 Å². The number of rotatable bonds is 4. The summed E-state index contributed by atoms with van der Waals surface area (Å²) in [6, 6.07) is 0. The van der Waals surface area contributed by atoms with Crippen LogP contribution < -0.4 is 0 Å². The Hall–Kier alpha value is -0.740. The predicted octanol–water partition coefficient (Wildman–Crippen LogP) is 2.90. The Morgan fingerprint density at radius 3 is 2.54 bits per heavy atom. The summed E-state index contributed by atoms with van der Waals surface area (Å²) < 4.78 is 0. The molecule has 0 amide bonds. The van der Waals surface area contributed by atoms with Crippen LogP contribution in [-0.4, -0.2) is 10.7 Å². The van der Waals surface area contributed by atoms with E-state index in [0.717, 1.165) is 24.8 Å². The number of unbranched alkanes of at least 4 members (excludes halogenated alkanes) is 2. The van der Waals surface area contributed by atoms with Gasteiger partial charge in [-0.1, -0.05) is 38.2 Å². The van der Waals surface area contributed by atoms with Crippen molar-refractivity contribution in [1.29, 1.82) is 0 Å². The fraction of sp³-hybridized carbons (Fsp3) is 0.667. The van der Waals surface area contributed by atoms with E-state index in [2.05, 4.69) is 25.3 Å². The molecule has 0 aliphatic heterocycles. The summed E-state index contributed by atoms with van der Waals surface area (Å²) in [5, 5.41) is 9.78. The lowest BCUT2D eigenvalue weighted by molar-refractivity contribution is 0.109. The van der Waals surface area contributed by atoms with Crippen LogP contribution >= 0.6 is 0 Å². The average molecular weight is 180 g/mol. The van der Waals surface area contributed by atoms with Gasteiger partial charge >= 0.3 is 0 Å². The molecule has 0 saturated heterocycles. The lowest BCUT2D eigenvalue weighted by Crippen LogP contribution is -2.21. The van der Waals surface area contributed by atoms with Gasteiger partial charge in [-0.15, -0.1) is 0 Å². The van der Waals surface area contributed by atoms with Gasteiger partial charge in [-0.05, 0) is 32.3 Å². The molecule has 1 N–H and O–H groups in total. The SMILES string of the molecule is C=C(C)C#CC(C)(O)CCCCC. The van der Waals surface area contributed by atoms with Crippen molar-refractivity contribution in [2.24, 2.45) is 0 Å². The summed E-state index contributed by atoms with van der Waals surface area (Å²) in [6.07, 6.45) is 4.12. The highest BCUT2D eigenvalue weighted by molar-refractivity contribution is 5.27. The molecule has 0 fully saturated rings. The summed E-state index contributed by atoms with van der Waals surface area (Å²) in [4.78, 5) is 0. The van der Waals surface area contributed by atoms with Crippen molar-refractivity contribution < 1.29 is 5.11 Å². The van der Waals surface area contributed by atoms with Gasteiger partial charge in [0, 0.05) is 0 Å². The zero-order valence-electron chi connectivity index (χ0n) is 8.98. The fourth-order valence-electron chi connectivity index (χ4n) is 1.02. The van der Waals surface area contributed by atoms with Gasteiger partial charge in [-0.3, -0.25) is 0 Å². The maximum Gasteiger partial charge on any atom is 0.123 e. The van der Waals surface area contributed by atoms with Gasteiger partial charge in [0.05, 0.1) is 0 Å². The van der Waals surface area contributed by atoms with Gasteiger partial charge in [-0.2, -0.15) is 0 Å². The first-order valence-corrected chi connectivity index (χ1v) is 4.89. The molecular formula is C12H20O. The predicted molar refractivity (Wildman–Crippen MR) is 57.4 cm³/mol. The molecule has 0 aliphatic carbocycles. The first kappa shape index (κ1) is 12.3. The lowest BCUT2D eigenvalue weighted by atomic mass is 9.99. The Bertz CT molecular complexity index is 215. The highest BCUT2D eigenvalue weighted by atomic mass is 16.3. The lowest BCUT2D eigenvalue weighted by Gasteiger charge is -2.15. The summed E-state index contributed by atoms with van der Waals surface area (Å²) in [5.41, 5.74) is -0.0375. The molecule has 0 heterocycles. The smallest absolute Gasteiger partial charge is 0.123 e. The van der Waals surface area contributed by atoms with Gasteiger partial charge < -0.3 is 5.11 Å². The molecule has 0 aliphatic rings. The van der Waals surface area contributed by atoms with Gasteiger partial charge in [-0.25, -0.2) is 0 Å². The molecule has 1 atom stereocenters. The second kappa shape index (κ2) is 5.83. The third-order valence-corrected chi connectivity index (χ3v) is 1.81. The molecule has 0 aromatic rings. The fourth-order valence-corrected chi connectivity index (χ4v) is 1.02. The van der Waals surface area contributed by atoms with E-state index in [-0.39, 0.29) is 0 Å². The number of hydrogen-bond acceptors (Lipinski definition) is 1. The second-order valence-corrected chi connectivity index (χ2v) is 3.76. The summed E-state index contributed by atoms with van der Waals surface area (Å²) in [5.74, 6) is 5.64. The monoisotopic (exact) mass is 180 g/mol. The topological polar surface area (TPSA) is 20.2 Å². The second-order valence-electron chi connectivity index (χ2n) is 3.76. The van der Waals surface area contributed by atoms with Crippen LogP contribution in [0.2, 0.25) is 0 Å². The van der Waals surface area contributed by atoms with Crippen LogP contribution in [0.3, 0.4) is 0 Å². The minimum absolute atomic E-state index is 0.751. The molecular weight excluding hydrogens is 160 g/mol. The van der Waals surface area contributed by atoms with Gasteiger partial charge in [0.25, 0.3) is 0 Å². The highest BCUT2D eigenvalue weighted by Crippen LogP contribution is 2.13. The number of allylic oxidation sites excluding steroid dienone is 1. The minimum Gasteiger partial charge on any atom is -0.378 e. The molecule has 0 aromatic carbocycles. The Morgan fingerprint density at radius 1 is 1.46 bits per heavy atom. The Kier molecular flexibility index (Phi) is 5.50. The van der Waals surface area contributed by atoms with Crippen LogP contribution in [0.15, 0.2) is 12.2 Å². The van der Waals surface area contributed by atoms with Crippen molar-refractivity contribution in [2.45, 2.75) is 52.1 Å². The molecule has 1 heteroatoms. The molecule has 13 heavy (non-hydrogen) atoms. The zero-order valence-corrected chi connectivity index (χ0v) is 8.98. The molecule has 0 spiro atoms. The number of aliphatic hydroxyl groups is 1. The van der Waals surface area contributed by atoms with E-state index in [1.54, 1.807) is 6.92 Å². The Morgan fingerprint density at radius 2 is 2.08 bits per heavy atom. The summed E-state index contributed by atoms with van der Waals surface area (Å²) in [7, 11) is 0. The third kappa shape index (κ3) is 7.62. The molecule has 0 aromatic heterocycles. The van der Waals surface area contributed by atoms with E-state index >= 15 is 0 Å². The first-order chi connectivity index (χ1) is 5.98. The van der Waals surface area contributed by atoms with E-state index < -0.39 is 5.60 Å². The standard InChI is InChI=1S/C12H20O/c1-5-6-7-9-12(4,13)10-8-11(2)3/h13H,2,5-7,9H2,1,3-4H3. The minimum atomic E-state index is -0.839. The van der Waals surface area contributed by atoms with Crippen molar-refractivity contribution in [2.75, 3.05) is 0 Å². The third-order valence-electron chi connectivity index (χ3n) is 1.81. The van der Waals surface area contributed by atoms with Crippen molar-refractivity contribution in [3.05, 3.63) is 12.2 Å². The van der Waals surface area contributed by atoms with Crippen LogP contribution in [-0.2, 0) is 0 Å². The average Bonchev–Trinajstić information content (AvgIpc) is 2.02. The Balaban J connectivity index is 3.95. The molecule has 0 saturated carbocycles.